The van der Waals surface area contributed by atoms with Crippen LogP contribution in [0.4, 0.5) is 5.69 Å². The molecule has 3 N–H and O–H groups in total. The highest BCUT2D eigenvalue weighted by atomic mass is 16.2. The molecule has 0 aromatic heterocycles. The van der Waals surface area contributed by atoms with Crippen molar-refractivity contribution in [3.8, 4) is 6.07 Å². The van der Waals surface area contributed by atoms with Crippen molar-refractivity contribution in [1.82, 2.24) is 10.6 Å². The molecular weight excluding hydrogens is 260 g/mol. The molecule has 20 heavy (non-hydrogen) atoms. The molecule has 1 aromatic rings. The summed E-state index contributed by atoms with van der Waals surface area (Å²) in [5.41, 5.74) is 0.883. The molecule has 0 unspecified atom stereocenters. The zero-order valence-corrected chi connectivity index (χ0v) is 10.9. The molecule has 0 aliphatic heterocycles. The molecule has 0 saturated heterocycles. The molecule has 0 atom stereocenters. The minimum atomic E-state index is -0.808. The molecule has 0 heterocycles. The van der Waals surface area contributed by atoms with Gasteiger partial charge in [-0.25, -0.2) is 0 Å². The zero-order chi connectivity index (χ0) is 15.0. The normalized spacial score (nSPS) is 9.20. The molecule has 7 nitrogen and oxygen atoms in total. The van der Waals surface area contributed by atoms with Crippen LogP contribution >= 0.6 is 0 Å². The third kappa shape index (κ3) is 5.18. The third-order valence-corrected chi connectivity index (χ3v) is 2.26. The number of amides is 3. The summed E-state index contributed by atoms with van der Waals surface area (Å²) in [4.78, 5) is 33.5. The zero-order valence-electron chi connectivity index (χ0n) is 10.9. The topological polar surface area (TPSA) is 111 Å². The highest BCUT2D eigenvalue weighted by Gasteiger charge is 2.12. The maximum absolute atomic E-state index is 11.5. The number of hydrogen-bond acceptors (Lipinski definition) is 4. The van der Waals surface area contributed by atoms with Crippen molar-refractivity contribution in [2.24, 2.45) is 0 Å². The van der Waals surface area contributed by atoms with Gasteiger partial charge in [0.15, 0.2) is 0 Å². The van der Waals surface area contributed by atoms with Gasteiger partial charge in [-0.3, -0.25) is 14.4 Å². The third-order valence-electron chi connectivity index (χ3n) is 2.26. The second kappa shape index (κ2) is 7.53. The Morgan fingerprint density at radius 2 is 1.65 bits per heavy atom. The minimum absolute atomic E-state index is 0.166. The summed E-state index contributed by atoms with van der Waals surface area (Å²) >= 11 is 0. The first-order valence-electron chi connectivity index (χ1n) is 5.86. The van der Waals surface area contributed by atoms with Gasteiger partial charge in [0, 0.05) is 25.7 Å². The van der Waals surface area contributed by atoms with Crippen LogP contribution in [-0.4, -0.2) is 30.8 Å². The Morgan fingerprint density at radius 1 is 1.05 bits per heavy atom. The van der Waals surface area contributed by atoms with Gasteiger partial charge in [0.1, 0.15) is 0 Å². The first-order valence-corrected chi connectivity index (χ1v) is 5.86. The molecule has 104 valence electrons. The average molecular weight is 274 g/mol. The molecule has 1 aromatic carbocycles. The van der Waals surface area contributed by atoms with Crippen LogP contribution in [-0.2, 0) is 14.4 Å². The van der Waals surface area contributed by atoms with Gasteiger partial charge in [0.2, 0.25) is 5.91 Å². The van der Waals surface area contributed by atoms with Crippen LogP contribution < -0.4 is 16.0 Å². The fourth-order valence-electron chi connectivity index (χ4n) is 1.31. The van der Waals surface area contributed by atoms with E-state index in [-0.39, 0.29) is 19.0 Å². The molecule has 3 amide bonds. The number of rotatable bonds is 4. The lowest BCUT2D eigenvalue weighted by Gasteiger charge is -2.06. The summed E-state index contributed by atoms with van der Waals surface area (Å²) in [6.07, 6.45) is 0. The number of nitriles is 1. The van der Waals surface area contributed by atoms with E-state index in [0.717, 1.165) is 0 Å². The number of carbonyl (C=O) groups excluding carboxylic acids is 3. The Hall–Kier alpha value is -2.88. The van der Waals surface area contributed by atoms with E-state index in [2.05, 4.69) is 16.0 Å². The van der Waals surface area contributed by atoms with Crippen molar-refractivity contribution >= 4 is 23.4 Å². The molecule has 1 rings (SSSR count). The van der Waals surface area contributed by atoms with Gasteiger partial charge in [0.25, 0.3) is 0 Å². The van der Waals surface area contributed by atoms with Gasteiger partial charge >= 0.3 is 11.8 Å². The summed E-state index contributed by atoms with van der Waals surface area (Å²) in [7, 11) is 0. The fourth-order valence-corrected chi connectivity index (χ4v) is 1.31. The molecule has 0 radical (unpaired) electrons. The van der Waals surface area contributed by atoms with Crippen molar-refractivity contribution < 1.29 is 14.4 Å². The lowest BCUT2D eigenvalue weighted by atomic mass is 10.2. The summed E-state index contributed by atoms with van der Waals surface area (Å²) in [5, 5.41) is 15.9. The van der Waals surface area contributed by atoms with E-state index in [1.54, 1.807) is 0 Å². The predicted molar refractivity (Wildman–Crippen MR) is 71.5 cm³/mol. The summed E-state index contributed by atoms with van der Waals surface area (Å²) in [6.45, 7) is 1.78. The molecule has 7 heteroatoms. The average Bonchev–Trinajstić information content (AvgIpc) is 2.44. The molecular formula is C13H14N4O3. The monoisotopic (exact) mass is 274 g/mol. The van der Waals surface area contributed by atoms with Gasteiger partial charge in [-0.05, 0) is 24.3 Å². The van der Waals surface area contributed by atoms with E-state index < -0.39 is 11.8 Å². The van der Waals surface area contributed by atoms with Gasteiger partial charge in [-0.15, -0.1) is 0 Å². The van der Waals surface area contributed by atoms with Crippen molar-refractivity contribution in [1.29, 1.82) is 5.26 Å². The second-order valence-electron chi connectivity index (χ2n) is 3.88. The maximum Gasteiger partial charge on any atom is 0.313 e. The Morgan fingerprint density at radius 3 is 2.20 bits per heavy atom. The molecule has 0 aliphatic carbocycles. The van der Waals surface area contributed by atoms with Crippen LogP contribution in [0.1, 0.15) is 12.5 Å². The number of carbonyl (C=O) groups is 3. The van der Waals surface area contributed by atoms with Gasteiger partial charge in [-0.2, -0.15) is 5.26 Å². The summed E-state index contributed by atoms with van der Waals surface area (Å²) < 4.78 is 0. The Labute approximate surface area is 116 Å². The summed E-state index contributed by atoms with van der Waals surface area (Å²) in [5.74, 6) is -1.81. The van der Waals surface area contributed by atoms with E-state index in [4.69, 9.17) is 5.26 Å². The molecule has 0 bridgehead atoms. The second-order valence-corrected chi connectivity index (χ2v) is 3.88. The van der Waals surface area contributed by atoms with Crippen molar-refractivity contribution in [2.45, 2.75) is 6.92 Å². The van der Waals surface area contributed by atoms with E-state index in [9.17, 15) is 14.4 Å². The number of anilines is 1. The largest absolute Gasteiger partial charge is 0.355 e. The van der Waals surface area contributed by atoms with E-state index in [1.165, 1.54) is 31.2 Å². The van der Waals surface area contributed by atoms with E-state index in [0.29, 0.717) is 11.3 Å². The molecule has 0 fully saturated rings. The smallest absolute Gasteiger partial charge is 0.313 e. The Bertz CT molecular complexity index is 546. The highest BCUT2D eigenvalue weighted by Crippen LogP contribution is 2.08. The van der Waals surface area contributed by atoms with Crippen molar-refractivity contribution in [3.63, 3.8) is 0 Å². The maximum atomic E-state index is 11.5. The number of nitrogens with one attached hydrogen (secondary N) is 3. The van der Waals surface area contributed by atoms with Crippen LogP contribution in [0.2, 0.25) is 0 Å². The first kappa shape index (κ1) is 15.2. The fraction of sp³-hybridized carbons (Fsp3) is 0.231. The lowest BCUT2D eigenvalue weighted by Crippen LogP contribution is -2.39. The molecule has 0 spiro atoms. The number of nitrogens with zero attached hydrogens (tertiary/aromatic N) is 1. The van der Waals surface area contributed by atoms with E-state index in [1.807, 2.05) is 6.07 Å². The standard InChI is InChI=1S/C13H14N4O3/c1-9(18)15-6-7-16-12(19)13(20)17-11-4-2-10(8-14)3-5-11/h2-5H,6-7H2,1H3,(H,15,18)(H,16,19)(H,17,20). The van der Waals surface area contributed by atoms with Crippen molar-refractivity contribution in [2.75, 3.05) is 18.4 Å². The van der Waals surface area contributed by atoms with Crippen molar-refractivity contribution in [3.05, 3.63) is 29.8 Å². The van der Waals surface area contributed by atoms with Gasteiger partial charge in [0.05, 0.1) is 11.6 Å². The van der Waals surface area contributed by atoms with E-state index >= 15 is 0 Å². The van der Waals surface area contributed by atoms with Crippen LogP contribution in [0.5, 0.6) is 0 Å². The SMILES string of the molecule is CC(=O)NCCNC(=O)C(=O)Nc1ccc(C#N)cc1. The first-order chi connectivity index (χ1) is 9.52. The number of hydrogen-bond donors (Lipinski definition) is 3. The van der Waals surface area contributed by atoms with Crippen LogP contribution in [0, 0.1) is 11.3 Å². The minimum Gasteiger partial charge on any atom is -0.355 e. The Balaban J connectivity index is 2.39. The molecule has 0 saturated carbocycles. The van der Waals surface area contributed by atoms with Crippen LogP contribution in [0.15, 0.2) is 24.3 Å². The van der Waals surface area contributed by atoms with Gasteiger partial charge in [-0.1, -0.05) is 0 Å². The molecule has 0 aliphatic rings. The quantitative estimate of drug-likeness (QED) is 0.519. The Kier molecular flexibility index (Phi) is 5.72. The van der Waals surface area contributed by atoms with Gasteiger partial charge < -0.3 is 16.0 Å². The predicted octanol–water partition coefficient (Wildman–Crippen LogP) is -0.251. The van der Waals surface area contributed by atoms with Crippen LogP contribution in [0.3, 0.4) is 0 Å². The van der Waals surface area contributed by atoms with Crippen LogP contribution in [0.25, 0.3) is 0 Å². The summed E-state index contributed by atoms with van der Waals surface area (Å²) in [6, 6.07) is 8.07. The highest BCUT2D eigenvalue weighted by molar-refractivity contribution is 6.39. The lowest BCUT2D eigenvalue weighted by molar-refractivity contribution is -0.136. The number of benzene rings is 1.